The smallest absolute Gasteiger partial charge is 0.109 e. The molecule has 1 aliphatic rings. The van der Waals surface area contributed by atoms with E-state index in [-0.39, 0.29) is 0 Å². The van der Waals surface area contributed by atoms with Crippen LogP contribution in [0.4, 0.5) is 0 Å². The van der Waals surface area contributed by atoms with Gasteiger partial charge in [0.05, 0.1) is 16.1 Å². The number of piperidine rings is 1. The summed E-state index contributed by atoms with van der Waals surface area (Å²) in [5.41, 5.74) is 2.06. The van der Waals surface area contributed by atoms with Crippen LogP contribution in [0.2, 0.25) is 5.02 Å². The number of nitrogens with one attached hydrogen (secondary N) is 1. The molecule has 0 saturated carbocycles. The zero-order valence-electron chi connectivity index (χ0n) is 12.2. The highest BCUT2D eigenvalue weighted by Gasteiger charge is 2.22. The van der Waals surface area contributed by atoms with Crippen LogP contribution in [-0.4, -0.2) is 22.6 Å². The number of fused-ring (bicyclic) bond motifs is 1. The zero-order chi connectivity index (χ0) is 14.1. The van der Waals surface area contributed by atoms with Crippen LogP contribution < -0.4 is 5.32 Å². The van der Waals surface area contributed by atoms with Gasteiger partial charge in [-0.3, -0.25) is 0 Å². The van der Waals surface area contributed by atoms with Crippen LogP contribution in [0.15, 0.2) is 18.2 Å². The summed E-state index contributed by atoms with van der Waals surface area (Å²) in [5.74, 6) is 2.56. The van der Waals surface area contributed by atoms with Gasteiger partial charge in [-0.15, -0.1) is 0 Å². The number of hydrogen-bond donors (Lipinski definition) is 1. The third kappa shape index (κ3) is 2.57. The Morgan fingerprint density at radius 3 is 3.05 bits per heavy atom. The van der Waals surface area contributed by atoms with Gasteiger partial charge in [0, 0.05) is 13.5 Å². The van der Waals surface area contributed by atoms with Crippen molar-refractivity contribution >= 4 is 22.6 Å². The van der Waals surface area contributed by atoms with Gasteiger partial charge >= 0.3 is 0 Å². The Hall–Kier alpha value is -1.06. The molecule has 2 heterocycles. The average Bonchev–Trinajstić information content (AvgIpc) is 2.78. The molecule has 0 radical (unpaired) electrons. The molecule has 1 fully saturated rings. The molecule has 4 heteroatoms. The lowest BCUT2D eigenvalue weighted by Crippen LogP contribution is -2.34. The largest absolute Gasteiger partial charge is 0.330 e. The Bertz CT molecular complexity index is 599. The molecular weight excluding hydrogens is 270 g/mol. The number of hydrogen-bond acceptors (Lipinski definition) is 2. The SMILES string of the molecule is CC(Cc1nc2cccc(Cl)c2n1C)C1CCCNC1. The Labute approximate surface area is 125 Å². The Kier molecular flexibility index (Phi) is 3.99. The zero-order valence-corrected chi connectivity index (χ0v) is 13.0. The van der Waals surface area contributed by atoms with E-state index in [4.69, 9.17) is 16.6 Å². The molecule has 0 bridgehead atoms. The van der Waals surface area contributed by atoms with E-state index in [1.165, 1.54) is 19.4 Å². The molecule has 20 heavy (non-hydrogen) atoms. The summed E-state index contributed by atoms with van der Waals surface area (Å²) in [6, 6.07) is 5.94. The Balaban J connectivity index is 1.83. The van der Waals surface area contributed by atoms with Crippen molar-refractivity contribution in [1.29, 1.82) is 0 Å². The first kappa shape index (κ1) is 13.9. The van der Waals surface area contributed by atoms with Crippen LogP contribution in [0, 0.1) is 11.8 Å². The van der Waals surface area contributed by atoms with Crippen molar-refractivity contribution in [3.63, 3.8) is 0 Å². The number of benzene rings is 1. The Morgan fingerprint density at radius 2 is 2.35 bits per heavy atom. The molecule has 1 N–H and O–H groups in total. The van der Waals surface area contributed by atoms with Crippen LogP contribution in [0.5, 0.6) is 0 Å². The summed E-state index contributed by atoms with van der Waals surface area (Å²) < 4.78 is 2.16. The van der Waals surface area contributed by atoms with Crippen LogP contribution in [0.3, 0.4) is 0 Å². The minimum Gasteiger partial charge on any atom is -0.330 e. The first-order valence-corrected chi connectivity index (χ1v) is 7.85. The van der Waals surface area contributed by atoms with Gasteiger partial charge in [0.25, 0.3) is 0 Å². The van der Waals surface area contributed by atoms with Gasteiger partial charge in [-0.1, -0.05) is 24.6 Å². The van der Waals surface area contributed by atoms with Gasteiger partial charge in [-0.05, 0) is 49.9 Å². The van der Waals surface area contributed by atoms with E-state index in [2.05, 4.69) is 23.9 Å². The van der Waals surface area contributed by atoms with Gasteiger partial charge in [0.2, 0.25) is 0 Å². The standard InChI is InChI=1S/C16H22ClN3/c1-11(12-5-4-8-18-10-12)9-15-19-14-7-3-6-13(17)16(14)20(15)2/h3,6-7,11-12,18H,4-5,8-10H2,1-2H3. The van der Waals surface area contributed by atoms with Gasteiger partial charge in [-0.25, -0.2) is 4.98 Å². The van der Waals surface area contributed by atoms with Crippen molar-refractivity contribution < 1.29 is 0 Å². The van der Waals surface area contributed by atoms with Crippen molar-refractivity contribution in [2.45, 2.75) is 26.2 Å². The van der Waals surface area contributed by atoms with Crippen molar-refractivity contribution in [1.82, 2.24) is 14.9 Å². The van der Waals surface area contributed by atoms with Crippen LogP contribution in [-0.2, 0) is 13.5 Å². The number of rotatable bonds is 3. The van der Waals surface area contributed by atoms with E-state index in [9.17, 15) is 0 Å². The van der Waals surface area contributed by atoms with Gasteiger partial charge in [0.15, 0.2) is 0 Å². The third-order valence-corrected chi connectivity index (χ3v) is 4.89. The molecule has 3 nitrogen and oxygen atoms in total. The molecule has 1 aromatic heterocycles. The monoisotopic (exact) mass is 291 g/mol. The molecule has 0 aliphatic carbocycles. The second kappa shape index (κ2) is 5.74. The van der Waals surface area contributed by atoms with Crippen molar-refractivity contribution in [3.8, 4) is 0 Å². The van der Waals surface area contributed by atoms with E-state index in [0.717, 1.165) is 40.8 Å². The fraction of sp³-hybridized carbons (Fsp3) is 0.562. The number of aromatic nitrogens is 2. The lowest BCUT2D eigenvalue weighted by atomic mass is 9.85. The van der Waals surface area contributed by atoms with Crippen LogP contribution in [0.1, 0.15) is 25.6 Å². The topological polar surface area (TPSA) is 29.9 Å². The van der Waals surface area contributed by atoms with E-state index in [0.29, 0.717) is 5.92 Å². The quantitative estimate of drug-likeness (QED) is 0.939. The highest BCUT2D eigenvalue weighted by molar-refractivity contribution is 6.35. The van der Waals surface area contributed by atoms with Crippen LogP contribution >= 0.6 is 11.6 Å². The van der Waals surface area contributed by atoms with E-state index >= 15 is 0 Å². The lowest BCUT2D eigenvalue weighted by Gasteiger charge is -2.28. The normalized spacial score (nSPS) is 21.2. The van der Waals surface area contributed by atoms with Gasteiger partial charge in [-0.2, -0.15) is 0 Å². The maximum Gasteiger partial charge on any atom is 0.109 e. The minimum absolute atomic E-state index is 0.650. The second-order valence-electron chi connectivity index (χ2n) is 5.98. The first-order valence-electron chi connectivity index (χ1n) is 7.47. The fourth-order valence-electron chi connectivity index (χ4n) is 3.27. The molecule has 0 spiro atoms. The number of aryl methyl sites for hydroxylation is 1. The summed E-state index contributed by atoms with van der Waals surface area (Å²) in [6.07, 6.45) is 3.65. The average molecular weight is 292 g/mol. The lowest BCUT2D eigenvalue weighted by molar-refractivity contribution is 0.275. The predicted molar refractivity (Wildman–Crippen MR) is 84.2 cm³/mol. The molecule has 108 valence electrons. The number of imidazole rings is 1. The fourth-order valence-corrected chi connectivity index (χ4v) is 3.57. The van der Waals surface area contributed by atoms with Gasteiger partial charge in [0.1, 0.15) is 5.82 Å². The maximum absolute atomic E-state index is 6.29. The molecule has 2 unspecified atom stereocenters. The molecule has 2 atom stereocenters. The highest BCUT2D eigenvalue weighted by atomic mass is 35.5. The number of halogens is 1. The van der Waals surface area contributed by atoms with Crippen molar-refractivity contribution in [2.24, 2.45) is 18.9 Å². The predicted octanol–water partition coefficient (Wildman–Crippen LogP) is 3.40. The van der Waals surface area contributed by atoms with E-state index in [1.54, 1.807) is 0 Å². The molecule has 0 amide bonds. The molecule has 1 aliphatic heterocycles. The molecule has 2 aromatic rings. The summed E-state index contributed by atoms with van der Waals surface area (Å²) >= 11 is 6.29. The first-order chi connectivity index (χ1) is 9.66. The van der Waals surface area contributed by atoms with Gasteiger partial charge < -0.3 is 9.88 Å². The van der Waals surface area contributed by atoms with Crippen LogP contribution in [0.25, 0.3) is 11.0 Å². The summed E-state index contributed by atoms with van der Waals surface area (Å²) in [6.45, 7) is 4.66. The summed E-state index contributed by atoms with van der Waals surface area (Å²) in [5, 5.41) is 4.29. The minimum atomic E-state index is 0.650. The molecule has 1 saturated heterocycles. The summed E-state index contributed by atoms with van der Waals surface area (Å²) in [7, 11) is 2.07. The number of nitrogens with zero attached hydrogens (tertiary/aromatic N) is 2. The molecule has 3 rings (SSSR count). The van der Waals surface area contributed by atoms with E-state index < -0.39 is 0 Å². The third-order valence-electron chi connectivity index (χ3n) is 4.58. The molecule has 1 aromatic carbocycles. The summed E-state index contributed by atoms with van der Waals surface area (Å²) in [4.78, 5) is 4.77. The maximum atomic E-state index is 6.29. The van der Waals surface area contributed by atoms with Crippen molar-refractivity contribution in [3.05, 3.63) is 29.0 Å². The number of para-hydroxylation sites is 1. The molecular formula is C16H22ClN3. The Morgan fingerprint density at radius 1 is 1.50 bits per heavy atom. The second-order valence-corrected chi connectivity index (χ2v) is 6.39. The van der Waals surface area contributed by atoms with Crippen molar-refractivity contribution in [2.75, 3.05) is 13.1 Å². The van der Waals surface area contributed by atoms with E-state index in [1.807, 2.05) is 18.2 Å². The highest BCUT2D eigenvalue weighted by Crippen LogP contribution is 2.27.